The van der Waals surface area contributed by atoms with Crippen molar-refractivity contribution in [3.05, 3.63) is 48.3 Å². The average molecular weight is 278 g/mol. The quantitative estimate of drug-likeness (QED) is 0.527. The molecule has 5 heteroatoms. The van der Waals surface area contributed by atoms with Gasteiger partial charge in [-0.25, -0.2) is 9.97 Å². The van der Waals surface area contributed by atoms with Crippen LogP contribution in [0.5, 0.6) is 0 Å². The zero-order chi connectivity index (χ0) is 14.4. The molecule has 0 unspecified atom stereocenters. The second kappa shape index (κ2) is 4.43. The highest BCUT2D eigenvalue weighted by Gasteiger charge is 2.10. The lowest BCUT2D eigenvalue weighted by Crippen LogP contribution is -1.92. The highest BCUT2D eigenvalue weighted by Crippen LogP contribution is 2.24. The second-order valence-electron chi connectivity index (χ2n) is 5.13. The fourth-order valence-electron chi connectivity index (χ4n) is 2.46. The van der Waals surface area contributed by atoms with Crippen LogP contribution in [0.15, 0.2) is 42.5 Å². The zero-order valence-electron chi connectivity index (χ0n) is 11.5. The first-order valence-corrected chi connectivity index (χ1v) is 6.83. The fraction of sp³-hybridized carbons (Fsp3) is 0.125. The van der Waals surface area contributed by atoms with E-state index < -0.39 is 6.10 Å². The van der Waals surface area contributed by atoms with E-state index in [4.69, 9.17) is 0 Å². The number of aliphatic hydroxyl groups is 1. The van der Waals surface area contributed by atoms with Crippen molar-refractivity contribution >= 4 is 22.1 Å². The minimum Gasteiger partial charge on any atom is -0.385 e. The third-order valence-corrected chi connectivity index (χ3v) is 3.56. The third kappa shape index (κ3) is 1.98. The maximum Gasteiger partial charge on any atom is 0.138 e. The highest BCUT2D eigenvalue weighted by molar-refractivity contribution is 5.84. The molecule has 0 fully saturated rings. The van der Waals surface area contributed by atoms with Crippen LogP contribution >= 0.6 is 0 Å². The molecule has 0 saturated carbocycles. The number of nitrogens with zero attached hydrogens (tertiary/aromatic N) is 2. The van der Waals surface area contributed by atoms with E-state index in [1.54, 1.807) is 6.92 Å². The van der Waals surface area contributed by atoms with Gasteiger partial charge in [0.15, 0.2) is 0 Å². The van der Waals surface area contributed by atoms with Crippen LogP contribution in [0.1, 0.15) is 18.9 Å². The van der Waals surface area contributed by atoms with E-state index in [9.17, 15) is 5.11 Å². The van der Waals surface area contributed by atoms with E-state index in [-0.39, 0.29) is 0 Å². The van der Waals surface area contributed by atoms with Gasteiger partial charge < -0.3 is 15.1 Å². The number of para-hydroxylation sites is 2. The van der Waals surface area contributed by atoms with Crippen LogP contribution in [0, 0.1) is 0 Å². The van der Waals surface area contributed by atoms with Gasteiger partial charge in [0, 0.05) is 5.56 Å². The largest absolute Gasteiger partial charge is 0.385 e. The number of fused-ring (bicyclic) bond motifs is 2. The number of benzene rings is 2. The van der Waals surface area contributed by atoms with Crippen LogP contribution in [0.4, 0.5) is 0 Å². The summed E-state index contributed by atoms with van der Waals surface area (Å²) in [6.45, 7) is 1.69. The molecule has 0 amide bonds. The summed E-state index contributed by atoms with van der Waals surface area (Å²) in [6, 6.07) is 13.8. The maximum atomic E-state index is 9.59. The molecule has 2 aromatic heterocycles. The van der Waals surface area contributed by atoms with E-state index in [1.165, 1.54) is 0 Å². The Morgan fingerprint density at radius 2 is 1.76 bits per heavy atom. The number of imidazole rings is 2. The summed E-state index contributed by atoms with van der Waals surface area (Å²) in [5, 5.41) is 9.59. The van der Waals surface area contributed by atoms with Crippen LogP contribution in [0.2, 0.25) is 0 Å². The summed E-state index contributed by atoms with van der Waals surface area (Å²) in [6.07, 6.45) is -0.605. The second-order valence-corrected chi connectivity index (χ2v) is 5.13. The molecular formula is C16H14N4O. The Balaban J connectivity index is 1.85. The van der Waals surface area contributed by atoms with Crippen molar-refractivity contribution in [3.63, 3.8) is 0 Å². The summed E-state index contributed by atoms with van der Waals surface area (Å²) < 4.78 is 0. The van der Waals surface area contributed by atoms with Gasteiger partial charge in [-0.15, -0.1) is 0 Å². The monoisotopic (exact) mass is 278 g/mol. The van der Waals surface area contributed by atoms with Crippen LogP contribution < -0.4 is 0 Å². The molecule has 5 nitrogen and oxygen atoms in total. The predicted octanol–water partition coefficient (Wildman–Crippen LogP) is 3.16. The first kappa shape index (κ1) is 12.1. The van der Waals surface area contributed by atoms with Gasteiger partial charge in [-0.3, -0.25) is 0 Å². The lowest BCUT2D eigenvalue weighted by Gasteiger charge is -1.96. The molecule has 0 spiro atoms. The average Bonchev–Trinajstić information content (AvgIpc) is 3.10. The van der Waals surface area contributed by atoms with Gasteiger partial charge >= 0.3 is 0 Å². The molecule has 0 aliphatic rings. The molecule has 21 heavy (non-hydrogen) atoms. The maximum absolute atomic E-state index is 9.59. The number of hydrogen-bond donors (Lipinski definition) is 3. The SMILES string of the molecule is C[C@@H](O)c1nc2ccc(-c3nc4ccccc4[nH]3)cc2[nH]1. The normalized spacial score (nSPS) is 13.0. The molecule has 0 aliphatic carbocycles. The van der Waals surface area contributed by atoms with Gasteiger partial charge in [0.25, 0.3) is 0 Å². The predicted molar refractivity (Wildman–Crippen MR) is 81.8 cm³/mol. The third-order valence-electron chi connectivity index (χ3n) is 3.56. The number of aromatic nitrogens is 4. The Morgan fingerprint density at radius 3 is 2.57 bits per heavy atom. The van der Waals surface area contributed by atoms with Crippen molar-refractivity contribution in [1.82, 2.24) is 19.9 Å². The number of H-pyrrole nitrogens is 2. The zero-order valence-corrected chi connectivity index (χ0v) is 11.5. The smallest absolute Gasteiger partial charge is 0.138 e. The summed E-state index contributed by atoms with van der Waals surface area (Å²) in [7, 11) is 0. The van der Waals surface area contributed by atoms with Gasteiger partial charge in [0.1, 0.15) is 17.8 Å². The minimum absolute atomic E-state index is 0.576. The standard InChI is InChI=1S/C16H14N4O/c1-9(21)15-17-13-7-6-10(8-14(13)20-15)16-18-11-4-2-3-5-12(11)19-16/h2-9,21H,1H3,(H,17,20)(H,18,19)/t9-/m1/s1. The molecular weight excluding hydrogens is 264 g/mol. The van der Waals surface area contributed by atoms with Gasteiger partial charge in [-0.2, -0.15) is 0 Å². The van der Waals surface area contributed by atoms with E-state index in [0.29, 0.717) is 5.82 Å². The van der Waals surface area contributed by atoms with E-state index in [2.05, 4.69) is 19.9 Å². The van der Waals surface area contributed by atoms with Crippen LogP contribution in [0.25, 0.3) is 33.5 Å². The number of aromatic amines is 2. The number of nitrogens with one attached hydrogen (secondary N) is 2. The highest BCUT2D eigenvalue weighted by atomic mass is 16.3. The fourth-order valence-corrected chi connectivity index (χ4v) is 2.46. The molecule has 104 valence electrons. The van der Waals surface area contributed by atoms with Gasteiger partial charge in [0.2, 0.25) is 0 Å². The van der Waals surface area contributed by atoms with Crippen LogP contribution in [-0.4, -0.2) is 25.0 Å². The Morgan fingerprint density at radius 1 is 0.952 bits per heavy atom. The molecule has 2 heterocycles. The molecule has 0 radical (unpaired) electrons. The molecule has 0 saturated heterocycles. The van der Waals surface area contributed by atoms with Gasteiger partial charge in [-0.05, 0) is 37.3 Å². The Bertz CT molecular complexity index is 903. The van der Waals surface area contributed by atoms with E-state index in [0.717, 1.165) is 33.5 Å². The van der Waals surface area contributed by atoms with Crippen molar-refractivity contribution in [2.24, 2.45) is 0 Å². The number of hydrogen-bond acceptors (Lipinski definition) is 3. The lowest BCUT2D eigenvalue weighted by atomic mass is 10.2. The summed E-state index contributed by atoms with van der Waals surface area (Å²) in [5.41, 5.74) is 4.68. The van der Waals surface area contributed by atoms with Crippen molar-refractivity contribution in [1.29, 1.82) is 0 Å². The van der Waals surface area contributed by atoms with E-state index in [1.807, 2.05) is 42.5 Å². The summed E-state index contributed by atoms with van der Waals surface area (Å²) >= 11 is 0. The van der Waals surface area contributed by atoms with Crippen LogP contribution in [-0.2, 0) is 0 Å². The molecule has 1 atom stereocenters. The Labute approximate surface area is 120 Å². The number of aliphatic hydroxyl groups excluding tert-OH is 1. The molecule has 0 aliphatic heterocycles. The molecule has 4 rings (SSSR count). The lowest BCUT2D eigenvalue weighted by molar-refractivity contribution is 0.190. The summed E-state index contributed by atoms with van der Waals surface area (Å²) in [5.74, 6) is 1.40. The van der Waals surface area contributed by atoms with Crippen molar-refractivity contribution in [2.45, 2.75) is 13.0 Å². The molecule has 3 N–H and O–H groups in total. The first-order valence-electron chi connectivity index (χ1n) is 6.83. The van der Waals surface area contributed by atoms with Crippen molar-refractivity contribution in [2.75, 3.05) is 0 Å². The first-order chi connectivity index (χ1) is 10.2. The summed E-state index contributed by atoms with van der Waals surface area (Å²) in [4.78, 5) is 15.4. The molecule has 2 aromatic carbocycles. The van der Waals surface area contributed by atoms with Crippen LogP contribution in [0.3, 0.4) is 0 Å². The minimum atomic E-state index is -0.605. The van der Waals surface area contributed by atoms with Gasteiger partial charge in [0.05, 0.1) is 22.1 Å². The van der Waals surface area contributed by atoms with Crippen molar-refractivity contribution in [3.8, 4) is 11.4 Å². The molecule has 0 bridgehead atoms. The van der Waals surface area contributed by atoms with Gasteiger partial charge in [-0.1, -0.05) is 12.1 Å². The topological polar surface area (TPSA) is 77.6 Å². The Kier molecular flexibility index (Phi) is 2.55. The molecule has 4 aromatic rings. The Hall–Kier alpha value is -2.66. The van der Waals surface area contributed by atoms with E-state index >= 15 is 0 Å². The number of rotatable bonds is 2. The van der Waals surface area contributed by atoms with Crippen molar-refractivity contribution < 1.29 is 5.11 Å².